The van der Waals surface area contributed by atoms with Crippen LogP contribution in [0.4, 0.5) is 8.78 Å². The molecule has 0 spiro atoms. The Labute approximate surface area is 103 Å². The first-order valence-electron chi connectivity index (χ1n) is 5.32. The predicted octanol–water partition coefficient (Wildman–Crippen LogP) is 2.27. The molecule has 0 N–H and O–H groups in total. The van der Waals surface area contributed by atoms with Gasteiger partial charge in [-0.1, -0.05) is 12.1 Å². The molecule has 0 aromatic heterocycles. The number of halogens is 2. The van der Waals surface area contributed by atoms with Crippen molar-refractivity contribution in [3.8, 4) is 5.75 Å². The summed E-state index contributed by atoms with van der Waals surface area (Å²) in [5, 5.41) is 0. The first-order valence-corrected chi connectivity index (χ1v) is 5.32. The molecule has 4 nitrogen and oxygen atoms in total. The van der Waals surface area contributed by atoms with Gasteiger partial charge in [-0.3, -0.25) is 9.79 Å². The molecular formula is C12H13F2NO3. The fraction of sp³-hybridized carbons (Fsp3) is 0.333. The van der Waals surface area contributed by atoms with Crippen molar-refractivity contribution in [2.45, 2.75) is 13.5 Å². The summed E-state index contributed by atoms with van der Waals surface area (Å²) in [5.74, 6) is -0.457. The molecule has 0 heterocycles. The lowest BCUT2D eigenvalue weighted by atomic mass is 10.2. The number of para-hydroxylation sites is 1. The van der Waals surface area contributed by atoms with Crippen LogP contribution in [0.25, 0.3) is 0 Å². The summed E-state index contributed by atoms with van der Waals surface area (Å²) in [6.45, 7) is -1.09. The molecule has 0 saturated heterocycles. The first-order chi connectivity index (χ1) is 8.63. The van der Waals surface area contributed by atoms with E-state index in [1.807, 2.05) is 0 Å². The van der Waals surface area contributed by atoms with Crippen LogP contribution >= 0.6 is 0 Å². The van der Waals surface area contributed by atoms with Crippen molar-refractivity contribution in [1.29, 1.82) is 0 Å². The van der Waals surface area contributed by atoms with E-state index in [0.29, 0.717) is 5.56 Å². The lowest BCUT2D eigenvalue weighted by Crippen LogP contribution is -2.08. The minimum absolute atomic E-state index is 0.0140. The van der Waals surface area contributed by atoms with E-state index in [4.69, 9.17) is 0 Å². The maximum atomic E-state index is 12.1. The molecule has 0 radical (unpaired) electrons. The number of ether oxygens (including phenoxy) is 2. The third-order valence-corrected chi connectivity index (χ3v) is 1.89. The molecule has 0 bridgehead atoms. The van der Waals surface area contributed by atoms with E-state index in [2.05, 4.69) is 14.5 Å². The van der Waals surface area contributed by atoms with Crippen molar-refractivity contribution >= 4 is 12.2 Å². The van der Waals surface area contributed by atoms with Gasteiger partial charge in [0.25, 0.3) is 0 Å². The van der Waals surface area contributed by atoms with E-state index in [0.717, 1.165) is 0 Å². The second-order valence-electron chi connectivity index (χ2n) is 3.19. The lowest BCUT2D eigenvalue weighted by Gasteiger charge is -2.06. The van der Waals surface area contributed by atoms with E-state index in [1.165, 1.54) is 12.3 Å². The van der Waals surface area contributed by atoms with E-state index in [9.17, 15) is 13.6 Å². The molecular weight excluding hydrogens is 244 g/mol. The van der Waals surface area contributed by atoms with Gasteiger partial charge >= 0.3 is 12.6 Å². The van der Waals surface area contributed by atoms with Gasteiger partial charge in [-0.15, -0.1) is 0 Å². The number of aliphatic imine (C=N–C) groups is 1. The normalized spacial score (nSPS) is 10.9. The number of rotatable bonds is 6. The zero-order valence-corrected chi connectivity index (χ0v) is 9.81. The van der Waals surface area contributed by atoms with Gasteiger partial charge in [0.05, 0.1) is 6.61 Å². The molecule has 0 aliphatic rings. The molecule has 0 atom stereocenters. The van der Waals surface area contributed by atoms with Gasteiger partial charge in [0.1, 0.15) is 12.3 Å². The molecule has 18 heavy (non-hydrogen) atoms. The zero-order valence-electron chi connectivity index (χ0n) is 9.81. The highest BCUT2D eigenvalue weighted by Gasteiger charge is 2.07. The Bertz CT molecular complexity index is 422. The van der Waals surface area contributed by atoms with E-state index >= 15 is 0 Å². The van der Waals surface area contributed by atoms with Crippen molar-refractivity contribution in [2.24, 2.45) is 4.99 Å². The second kappa shape index (κ2) is 7.37. The summed E-state index contributed by atoms with van der Waals surface area (Å²) in [7, 11) is 0. The fourth-order valence-corrected chi connectivity index (χ4v) is 1.22. The number of esters is 1. The molecule has 0 aliphatic heterocycles. The SMILES string of the molecule is CCOC(=O)CN=Cc1ccccc1OC(F)F. The van der Waals surface area contributed by atoms with Crippen LogP contribution in [0.5, 0.6) is 5.75 Å². The molecule has 0 aliphatic carbocycles. The van der Waals surface area contributed by atoms with Crippen molar-refractivity contribution in [2.75, 3.05) is 13.2 Å². The number of hydrogen-bond donors (Lipinski definition) is 0. The average Bonchev–Trinajstić information content (AvgIpc) is 2.31. The summed E-state index contributed by atoms with van der Waals surface area (Å²) in [6.07, 6.45) is 1.30. The van der Waals surface area contributed by atoms with E-state index in [1.54, 1.807) is 25.1 Å². The molecule has 1 aromatic carbocycles. The maximum absolute atomic E-state index is 12.1. The number of carbonyl (C=O) groups is 1. The van der Waals surface area contributed by atoms with Crippen LogP contribution in [0.2, 0.25) is 0 Å². The van der Waals surface area contributed by atoms with Gasteiger partial charge < -0.3 is 9.47 Å². The van der Waals surface area contributed by atoms with Crippen LogP contribution in [-0.2, 0) is 9.53 Å². The second-order valence-corrected chi connectivity index (χ2v) is 3.19. The highest BCUT2D eigenvalue weighted by Crippen LogP contribution is 2.18. The molecule has 6 heteroatoms. The Hall–Kier alpha value is -1.98. The molecule has 0 saturated carbocycles. The van der Waals surface area contributed by atoms with Crippen LogP contribution in [0.3, 0.4) is 0 Å². The first kappa shape index (κ1) is 14.1. The number of nitrogens with zero attached hydrogens (tertiary/aromatic N) is 1. The van der Waals surface area contributed by atoms with Crippen LogP contribution < -0.4 is 4.74 Å². The van der Waals surface area contributed by atoms with Crippen molar-refractivity contribution < 1.29 is 23.0 Å². The third kappa shape index (κ3) is 4.90. The van der Waals surface area contributed by atoms with Gasteiger partial charge in [0.2, 0.25) is 0 Å². The minimum atomic E-state index is -2.90. The molecule has 1 rings (SSSR count). The third-order valence-electron chi connectivity index (χ3n) is 1.89. The summed E-state index contributed by atoms with van der Waals surface area (Å²) in [5.41, 5.74) is 0.377. The van der Waals surface area contributed by atoms with Gasteiger partial charge in [-0.25, -0.2) is 0 Å². The molecule has 0 unspecified atom stereocenters. The quantitative estimate of drug-likeness (QED) is 0.580. The number of hydrogen-bond acceptors (Lipinski definition) is 4. The van der Waals surface area contributed by atoms with Crippen LogP contribution in [0.15, 0.2) is 29.3 Å². The molecule has 1 aromatic rings. The summed E-state index contributed by atoms with van der Waals surface area (Å²) < 4.78 is 33.2. The van der Waals surface area contributed by atoms with E-state index in [-0.39, 0.29) is 18.9 Å². The average molecular weight is 257 g/mol. The predicted molar refractivity (Wildman–Crippen MR) is 62.2 cm³/mol. The van der Waals surface area contributed by atoms with Crippen molar-refractivity contribution in [1.82, 2.24) is 0 Å². The Balaban J connectivity index is 2.65. The number of carbonyl (C=O) groups excluding carboxylic acids is 1. The van der Waals surface area contributed by atoms with Gasteiger partial charge in [-0.2, -0.15) is 8.78 Å². The lowest BCUT2D eigenvalue weighted by molar-refractivity contribution is -0.141. The van der Waals surface area contributed by atoms with Gasteiger partial charge in [0, 0.05) is 11.8 Å². The topological polar surface area (TPSA) is 47.9 Å². The summed E-state index contributed by atoms with van der Waals surface area (Å²) >= 11 is 0. The Morgan fingerprint density at radius 2 is 2.17 bits per heavy atom. The van der Waals surface area contributed by atoms with Gasteiger partial charge in [-0.05, 0) is 19.1 Å². The van der Waals surface area contributed by atoms with Gasteiger partial charge in [0.15, 0.2) is 0 Å². The maximum Gasteiger partial charge on any atom is 0.387 e. The Morgan fingerprint density at radius 1 is 1.44 bits per heavy atom. The largest absolute Gasteiger partial charge is 0.465 e. The minimum Gasteiger partial charge on any atom is -0.465 e. The number of alkyl halides is 2. The van der Waals surface area contributed by atoms with Crippen molar-refractivity contribution in [3.63, 3.8) is 0 Å². The highest BCUT2D eigenvalue weighted by molar-refractivity contribution is 5.85. The highest BCUT2D eigenvalue weighted by atomic mass is 19.3. The standard InChI is InChI=1S/C12H13F2NO3/c1-2-17-11(16)8-15-7-9-5-3-4-6-10(9)18-12(13)14/h3-7,12H,2,8H2,1H3. The van der Waals surface area contributed by atoms with Crippen molar-refractivity contribution in [3.05, 3.63) is 29.8 Å². The van der Waals surface area contributed by atoms with E-state index < -0.39 is 12.6 Å². The van der Waals surface area contributed by atoms with Crippen LogP contribution in [0.1, 0.15) is 12.5 Å². The Morgan fingerprint density at radius 3 is 2.83 bits per heavy atom. The summed E-state index contributed by atoms with van der Waals surface area (Å²) in [6, 6.07) is 6.19. The van der Waals surface area contributed by atoms with Crippen LogP contribution in [0, 0.1) is 0 Å². The molecule has 0 amide bonds. The summed E-state index contributed by atoms with van der Waals surface area (Å²) in [4.78, 5) is 14.8. The monoisotopic (exact) mass is 257 g/mol. The zero-order chi connectivity index (χ0) is 13.4. The Kier molecular flexibility index (Phi) is 5.76. The smallest absolute Gasteiger partial charge is 0.387 e. The fourth-order valence-electron chi connectivity index (χ4n) is 1.22. The molecule has 98 valence electrons. The number of benzene rings is 1. The molecule has 0 fully saturated rings. The van der Waals surface area contributed by atoms with Crippen LogP contribution in [-0.4, -0.2) is 31.9 Å².